The van der Waals surface area contributed by atoms with Crippen LogP contribution in [0.15, 0.2) is 49.1 Å². The van der Waals surface area contributed by atoms with Gasteiger partial charge in [-0.15, -0.1) is 0 Å². The zero-order valence-corrected chi connectivity index (χ0v) is 15.0. The van der Waals surface area contributed by atoms with Crippen molar-refractivity contribution >= 4 is 22.8 Å². The Balaban J connectivity index is 1.91. The van der Waals surface area contributed by atoms with Crippen molar-refractivity contribution in [3.8, 4) is 22.9 Å². The van der Waals surface area contributed by atoms with Gasteiger partial charge in [0, 0.05) is 21.8 Å². The van der Waals surface area contributed by atoms with Gasteiger partial charge in [-0.25, -0.2) is 19.3 Å². The first-order valence-electron chi connectivity index (χ1n) is 8.05. The lowest BCUT2D eigenvalue weighted by molar-refractivity contribution is -0.140. The SMILES string of the molecule is N#Cc1cc(Cl)ccc1-c1cc(-n2cnc3c(C(F)(F)F)ncnc32)ccc1F. The molecule has 0 aliphatic rings. The average molecular weight is 418 g/mol. The van der Waals surface area contributed by atoms with Crippen LogP contribution in [0.5, 0.6) is 0 Å². The molecule has 0 saturated carbocycles. The van der Waals surface area contributed by atoms with Gasteiger partial charge in [-0.05, 0) is 30.3 Å². The zero-order valence-electron chi connectivity index (χ0n) is 14.2. The number of alkyl halides is 3. The summed E-state index contributed by atoms with van der Waals surface area (Å²) >= 11 is 5.89. The van der Waals surface area contributed by atoms with E-state index in [-0.39, 0.29) is 16.8 Å². The van der Waals surface area contributed by atoms with E-state index < -0.39 is 23.2 Å². The molecule has 0 aliphatic heterocycles. The first-order chi connectivity index (χ1) is 13.8. The summed E-state index contributed by atoms with van der Waals surface area (Å²) in [4.78, 5) is 10.9. The standard InChI is InChI=1S/C19H8ClF4N5/c20-11-1-3-13(10(5-11)7-25)14-6-12(2-4-15(14)21)29-9-28-16-17(19(22,23)24)26-8-27-18(16)29/h1-6,8-9H. The predicted octanol–water partition coefficient (Wildman–Crippen LogP) is 5.17. The Morgan fingerprint density at radius 3 is 2.52 bits per heavy atom. The summed E-state index contributed by atoms with van der Waals surface area (Å²) < 4.78 is 55.3. The van der Waals surface area contributed by atoms with E-state index in [1.807, 2.05) is 6.07 Å². The van der Waals surface area contributed by atoms with Crippen molar-refractivity contribution in [1.82, 2.24) is 19.5 Å². The lowest BCUT2D eigenvalue weighted by atomic mass is 9.99. The van der Waals surface area contributed by atoms with Gasteiger partial charge < -0.3 is 0 Å². The molecular weight excluding hydrogens is 410 g/mol. The van der Waals surface area contributed by atoms with Crippen molar-refractivity contribution in [1.29, 1.82) is 5.26 Å². The first-order valence-corrected chi connectivity index (χ1v) is 8.42. The summed E-state index contributed by atoms with van der Waals surface area (Å²) in [6.07, 6.45) is -2.75. The second-order valence-corrected chi connectivity index (χ2v) is 6.41. The number of nitriles is 1. The molecule has 0 saturated heterocycles. The van der Waals surface area contributed by atoms with E-state index in [4.69, 9.17) is 11.6 Å². The van der Waals surface area contributed by atoms with Crippen LogP contribution in [0.3, 0.4) is 0 Å². The normalized spacial score (nSPS) is 11.6. The molecule has 10 heteroatoms. The Bertz CT molecular complexity index is 1290. The molecule has 0 fully saturated rings. The molecule has 0 bridgehead atoms. The predicted molar refractivity (Wildman–Crippen MR) is 96.8 cm³/mol. The number of benzene rings is 2. The van der Waals surface area contributed by atoms with Crippen molar-refractivity contribution in [3.63, 3.8) is 0 Å². The van der Waals surface area contributed by atoms with Crippen LogP contribution in [0.2, 0.25) is 5.02 Å². The first kappa shape index (κ1) is 18.8. The molecule has 4 aromatic rings. The van der Waals surface area contributed by atoms with Crippen molar-refractivity contribution in [3.05, 3.63) is 71.2 Å². The Morgan fingerprint density at radius 2 is 1.79 bits per heavy atom. The van der Waals surface area contributed by atoms with E-state index in [0.29, 0.717) is 16.3 Å². The maximum Gasteiger partial charge on any atom is 0.435 e. The molecule has 29 heavy (non-hydrogen) atoms. The third kappa shape index (κ3) is 3.28. The van der Waals surface area contributed by atoms with Crippen molar-refractivity contribution in [2.45, 2.75) is 6.18 Å². The number of rotatable bonds is 2. The van der Waals surface area contributed by atoms with Crippen LogP contribution in [0, 0.1) is 17.1 Å². The third-order valence-electron chi connectivity index (χ3n) is 4.22. The minimum absolute atomic E-state index is 0.0819. The molecule has 144 valence electrons. The van der Waals surface area contributed by atoms with Gasteiger partial charge in [0.25, 0.3) is 0 Å². The fourth-order valence-electron chi connectivity index (χ4n) is 2.94. The van der Waals surface area contributed by atoms with E-state index in [1.54, 1.807) is 0 Å². The quantitative estimate of drug-likeness (QED) is 0.422. The molecule has 0 amide bonds. The van der Waals surface area contributed by atoms with Crippen LogP contribution in [0.25, 0.3) is 28.0 Å². The van der Waals surface area contributed by atoms with Gasteiger partial charge in [-0.1, -0.05) is 17.7 Å². The molecule has 5 nitrogen and oxygen atoms in total. The average Bonchev–Trinajstić information content (AvgIpc) is 3.12. The topological polar surface area (TPSA) is 67.4 Å². The molecular formula is C19H8ClF4N5. The molecule has 0 atom stereocenters. The van der Waals surface area contributed by atoms with Gasteiger partial charge in [0.15, 0.2) is 11.3 Å². The minimum Gasteiger partial charge on any atom is -0.283 e. The Kier molecular flexibility index (Phi) is 4.43. The van der Waals surface area contributed by atoms with Crippen molar-refractivity contribution < 1.29 is 17.6 Å². The number of hydrogen-bond donors (Lipinski definition) is 0. The summed E-state index contributed by atoms with van der Waals surface area (Å²) in [5.74, 6) is -0.609. The smallest absolute Gasteiger partial charge is 0.283 e. The number of nitrogens with zero attached hydrogens (tertiary/aromatic N) is 5. The van der Waals surface area contributed by atoms with Crippen LogP contribution in [-0.2, 0) is 6.18 Å². The van der Waals surface area contributed by atoms with Crippen LogP contribution < -0.4 is 0 Å². The summed E-state index contributed by atoms with van der Waals surface area (Å²) in [7, 11) is 0. The second kappa shape index (κ2) is 6.83. The van der Waals surface area contributed by atoms with Gasteiger partial charge in [-0.3, -0.25) is 4.57 Å². The Morgan fingerprint density at radius 1 is 1.00 bits per heavy atom. The monoisotopic (exact) mass is 417 g/mol. The van der Waals surface area contributed by atoms with Gasteiger partial charge in [0.1, 0.15) is 24.0 Å². The van der Waals surface area contributed by atoms with Crippen molar-refractivity contribution in [2.24, 2.45) is 0 Å². The van der Waals surface area contributed by atoms with E-state index in [2.05, 4.69) is 15.0 Å². The Labute approximate surface area is 165 Å². The fourth-order valence-corrected chi connectivity index (χ4v) is 3.12. The summed E-state index contributed by atoms with van der Waals surface area (Å²) in [5, 5.41) is 9.65. The highest BCUT2D eigenvalue weighted by Crippen LogP contribution is 2.34. The maximum atomic E-state index is 14.5. The molecule has 2 aromatic heterocycles. The van der Waals surface area contributed by atoms with Gasteiger partial charge >= 0.3 is 6.18 Å². The van der Waals surface area contributed by atoms with Gasteiger partial charge in [0.05, 0.1) is 11.6 Å². The molecule has 2 heterocycles. The number of imidazole rings is 1. The molecule has 0 radical (unpaired) electrons. The van der Waals surface area contributed by atoms with Crippen LogP contribution in [0.4, 0.5) is 17.6 Å². The zero-order chi connectivity index (χ0) is 20.8. The Hall–Kier alpha value is -3.51. The van der Waals surface area contributed by atoms with Crippen LogP contribution in [-0.4, -0.2) is 19.5 Å². The van der Waals surface area contributed by atoms with E-state index in [9.17, 15) is 22.8 Å². The number of halogens is 5. The van der Waals surface area contributed by atoms with Crippen LogP contribution in [0.1, 0.15) is 11.3 Å². The third-order valence-corrected chi connectivity index (χ3v) is 4.46. The van der Waals surface area contributed by atoms with E-state index >= 15 is 0 Å². The molecule has 0 aliphatic carbocycles. The van der Waals surface area contributed by atoms with Crippen molar-refractivity contribution in [2.75, 3.05) is 0 Å². The maximum absolute atomic E-state index is 14.5. The summed E-state index contributed by atoms with van der Waals surface area (Å²) in [6.45, 7) is 0. The van der Waals surface area contributed by atoms with Gasteiger partial charge in [0.2, 0.25) is 0 Å². The van der Waals surface area contributed by atoms with Crippen LogP contribution >= 0.6 is 11.6 Å². The summed E-state index contributed by atoms with van der Waals surface area (Å²) in [6, 6.07) is 10.3. The highest BCUT2D eigenvalue weighted by atomic mass is 35.5. The van der Waals surface area contributed by atoms with E-state index in [0.717, 1.165) is 18.7 Å². The molecule has 0 N–H and O–H groups in total. The second-order valence-electron chi connectivity index (χ2n) is 5.97. The number of fused-ring (bicyclic) bond motifs is 1. The molecule has 2 aromatic carbocycles. The highest BCUT2D eigenvalue weighted by Gasteiger charge is 2.36. The largest absolute Gasteiger partial charge is 0.435 e. The lowest BCUT2D eigenvalue weighted by Crippen LogP contribution is -2.09. The molecule has 0 unspecified atom stereocenters. The number of aromatic nitrogens is 4. The summed E-state index contributed by atoms with van der Waals surface area (Å²) in [5.41, 5.74) is -0.807. The minimum atomic E-state index is -4.70. The fraction of sp³-hybridized carbons (Fsp3) is 0.0526. The highest BCUT2D eigenvalue weighted by molar-refractivity contribution is 6.30. The van der Waals surface area contributed by atoms with Gasteiger partial charge in [-0.2, -0.15) is 18.4 Å². The lowest BCUT2D eigenvalue weighted by Gasteiger charge is -2.10. The molecule has 4 rings (SSSR count). The number of hydrogen-bond acceptors (Lipinski definition) is 4. The molecule has 0 spiro atoms. The van der Waals surface area contributed by atoms with E-state index in [1.165, 1.54) is 34.9 Å².